The van der Waals surface area contributed by atoms with E-state index in [1.807, 2.05) is 30.3 Å². The van der Waals surface area contributed by atoms with Gasteiger partial charge in [0.25, 0.3) is 5.91 Å². The van der Waals surface area contributed by atoms with E-state index in [1.54, 1.807) is 12.1 Å². The standard InChI is InChI=1S/C21H25BrN4O2/c22-18-6-4-5-17(13-18)20(27)23-10-11-24-21(28)25-14-16-9-12-26(15-16)19-7-2-1-3-8-19/h1-8,13,16H,9-12,14-15H2,(H,23,27)(H2,24,25,28). The fraction of sp³-hybridized carbons (Fsp3) is 0.333. The summed E-state index contributed by atoms with van der Waals surface area (Å²) >= 11 is 3.35. The van der Waals surface area contributed by atoms with Crippen LogP contribution >= 0.6 is 15.9 Å². The van der Waals surface area contributed by atoms with Crippen molar-refractivity contribution in [1.82, 2.24) is 16.0 Å². The van der Waals surface area contributed by atoms with Gasteiger partial charge in [-0.3, -0.25) is 4.79 Å². The van der Waals surface area contributed by atoms with Gasteiger partial charge in [-0.25, -0.2) is 4.79 Å². The number of urea groups is 1. The molecule has 3 amide bonds. The first-order chi connectivity index (χ1) is 13.6. The highest BCUT2D eigenvalue weighted by Crippen LogP contribution is 2.22. The Hall–Kier alpha value is -2.54. The zero-order valence-electron chi connectivity index (χ0n) is 15.7. The summed E-state index contributed by atoms with van der Waals surface area (Å²) in [6.45, 7) is 3.38. The highest BCUT2D eigenvalue weighted by Gasteiger charge is 2.22. The first kappa shape index (κ1) is 20.2. The topological polar surface area (TPSA) is 73.5 Å². The molecular weight excluding hydrogens is 420 g/mol. The number of para-hydroxylation sites is 1. The van der Waals surface area contributed by atoms with Crippen molar-refractivity contribution >= 4 is 33.6 Å². The van der Waals surface area contributed by atoms with Gasteiger partial charge in [0.1, 0.15) is 0 Å². The third-order valence-electron chi connectivity index (χ3n) is 4.74. The van der Waals surface area contributed by atoms with E-state index < -0.39 is 0 Å². The van der Waals surface area contributed by atoms with Crippen LogP contribution in [-0.4, -0.2) is 44.7 Å². The van der Waals surface area contributed by atoms with Crippen molar-refractivity contribution in [3.05, 3.63) is 64.6 Å². The molecule has 0 aliphatic carbocycles. The second kappa shape index (κ2) is 10.1. The van der Waals surface area contributed by atoms with Gasteiger partial charge in [0.15, 0.2) is 0 Å². The maximum Gasteiger partial charge on any atom is 0.314 e. The summed E-state index contributed by atoms with van der Waals surface area (Å²) in [7, 11) is 0. The van der Waals surface area contributed by atoms with Crippen LogP contribution in [0.1, 0.15) is 16.8 Å². The zero-order valence-corrected chi connectivity index (χ0v) is 17.2. The number of nitrogens with zero attached hydrogens (tertiary/aromatic N) is 1. The van der Waals surface area contributed by atoms with Crippen molar-refractivity contribution in [2.75, 3.05) is 37.6 Å². The molecule has 0 saturated carbocycles. The summed E-state index contributed by atoms with van der Waals surface area (Å²) in [5, 5.41) is 8.50. The van der Waals surface area contributed by atoms with Crippen LogP contribution in [0.25, 0.3) is 0 Å². The molecule has 7 heteroatoms. The molecular formula is C21H25BrN4O2. The van der Waals surface area contributed by atoms with E-state index in [1.165, 1.54) is 5.69 Å². The molecule has 0 aromatic heterocycles. The molecule has 1 aliphatic heterocycles. The van der Waals surface area contributed by atoms with E-state index in [0.29, 0.717) is 31.1 Å². The Morgan fingerprint density at radius 1 is 1.00 bits per heavy atom. The first-order valence-electron chi connectivity index (χ1n) is 9.47. The molecule has 1 fully saturated rings. The molecule has 3 N–H and O–H groups in total. The molecule has 28 heavy (non-hydrogen) atoms. The van der Waals surface area contributed by atoms with Crippen molar-refractivity contribution in [2.24, 2.45) is 5.92 Å². The quantitative estimate of drug-likeness (QED) is 0.574. The van der Waals surface area contributed by atoms with Crippen molar-refractivity contribution in [1.29, 1.82) is 0 Å². The van der Waals surface area contributed by atoms with Gasteiger partial charge >= 0.3 is 6.03 Å². The SMILES string of the molecule is O=C(NCCNC(=O)c1cccc(Br)c1)NCC1CCN(c2ccccc2)C1. The predicted octanol–water partition coefficient (Wildman–Crippen LogP) is 3.00. The summed E-state index contributed by atoms with van der Waals surface area (Å²) in [6, 6.07) is 17.3. The van der Waals surface area contributed by atoms with Crippen LogP contribution in [-0.2, 0) is 0 Å². The maximum atomic E-state index is 12.0. The van der Waals surface area contributed by atoms with Gasteiger partial charge in [-0.1, -0.05) is 40.2 Å². The van der Waals surface area contributed by atoms with Gasteiger partial charge in [0.2, 0.25) is 0 Å². The zero-order chi connectivity index (χ0) is 19.8. The number of hydrogen-bond donors (Lipinski definition) is 3. The number of nitrogens with one attached hydrogen (secondary N) is 3. The first-order valence-corrected chi connectivity index (χ1v) is 10.3. The van der Waals surface area contributed by atoms with Gasteiger partial charge in [-0.15, -0.1) is 0 Å². The molecule has 6 nitrogen and oxygen atoms in total. The van der Waals surface area contributed by atoms with E-state index in [2.05, 4.69) is 48.9 Å². The normalized spacial score (nSPS) is 15.9. The van der Waals surface area contributed by atoms with Crippen LogP contribution < -0.4 is 20.9 Å². The van der Waals surface area contributed by atoms with Crippen LogP contribution in [0.4, 0.5) is 10.5 Å². The Labute approximate surface area is 173 Å². The minimum Gasteiger partial charge on any atom is -0.371 e. The molecule has 1 saturated heterocycles. The van der Waals surface area contributed by atoms with E-state index in [4.69, 9.17) is 0 Å². The Bertz CT molecular complexity index is 800. The van der Waals surface area contributed by atoms with Crippen molar-refractivity contribution in [3.63, 3.8) is 0 Å². The molecule has 1 atom stereocenters. The average molecular weight is 445 g/mol. The molecule has 2 aromatic rings. The lowest BCUT2D eigenvalue weighted by atomic mass is 10.1. The number of carbonyl (C=O) groups excluding carboxylic acids is 2. The van der Waals surface area contributed by atoms with Crippen LogP contribution in [0.2, 0.25) is 0 Å². The summed E-state index contributed by atoms with van der Waals surface area (Å²) < 4.78 is 0.857. The van der Waals surface area contributed by atoms with Crippen LogP contribution in [0, 0.1) is 5.92 Å². The number of hydrogen-bond acceptors (Lipinski definition) is 3. The Morgan fingerprint density at radius 3 is 2.57 bits per heavy atom. The van der Waals surface area contributed by atoms with Gasteiger partial charge in [-0.05, 0) is 42.7 Å². The number of halogens is 1. The molecule has 0 bridgehead atoms. The fourth-order valence-corrected chi connectivity index (χ4v) is 3.66. The predicted molar refractivity (Wildman–Crippen MR) is 115 cm³/mol. The second-order valence-electron chi connectivity index (χ2n) is 6.84. The Kier molecular flexibility index (Phi) is 7.31. The van der Waals surface area contributed by atoms with Crippen LogP contribution in [0.5, 0.6) is 0 Å². The van der Waals surface area contributed by atoms with E-state index in [0.717, 1.165) is 24.0 Å². The highest BCUT2D eigenvalue weighted by atomic mass is 79.9. The second-order valence-corrected chi connectivity index (χ2v) is 7.75. The summed E-state index contributed by atoms with van der Waals surface area (Å²) in [4.78, 5) is 26.3. The smallest absolute Gasteiger partial charge is 0.314 e. The minimum absolute atomic E-state index is 0.157. The van der Waals surface area contributed by atoms with Gasteiger partial charge in [0.05, 0.1) is 0 Å². The highest BCUT2D eigenvalue weighted by molar-refractivity contribution is 9.10. The number of anilines is 1. The molecule has 1 unspecified atom stereocenters. The fourth-order valence-electron chi connectivity index (χ4n) is 3.26. The summed E-state index contributed by atoms with van der Waals surface area (Å²) in [5.74, 6) is 0.289. The molecule has 2 aromatic carbocycles. The third kappa shape index (κ3) is 5.99. The number of rotatable bonds is 7. The number of amides is 3. The number of benzene rings is 2. The number of carbonyl (C=O) groups is 2. The maximum absolute atomic E-state index is 12.0. The average Bonchev–Trinajstić information content (AvgIpc) is 3.19. The van der Waals surface area contributed by atoms with E-state index in [9.17, 15) is 9.59 Å². The summed E-state index contributed by atoms with van der Waals surface area (Å²) in [5.41, 5.74) is 1.82. The van der Waals surface area contributed by atoms with Crippen molar-refractivity contribution in [2.45, 2.75) is 6.42 Å². The molecule has 1 aliphatic rings. The monoisotopic (exact) mass is 444 g/mol. The van der Waals surface area contributed by atoms with Crippen LogP contribution in [0.3, 0.4) is 0 Å². The lowest BCUT2D eigenvalue weighted by molar-refractivity contribution is 0.0953. The third-order valence-corrected chi connectivity index (χ3v) is 5.23. The molecule has 0 spiro atoms. The Morgan fingerprint density at radius 2 is 1.79 bits per heavy atom. The van der Waals surface area contributed by atoms with E-state index >= 15 is 0 Å². The summed E-state index contributed by atoms with van der Waals surface area (Å²) in [6.07, 6.45) is 1.07. The lowest BCUT2D eigenvalue weighted by Crippen LogP contribution is -2.42. The van der Waals surface area contributed by atoms with Gasteiger partial charge in [0, 0.05) is 48.4 Å². The van der Waals surface area contributed by atoms with Gasteiger partial charge < -0.3 is 20.9 Å². The van der Waals surface area contributed by atoms with Gasteiger partial charge in [-0.2, -0.15) is 0 Å². The van der Waals surface area contributed by atoms with E-state index in [-0.39, 0.29) is 11.9 Å². The molecule has 0 radical (unpaired) electrons. The molecule has 1 heterocycles. The molecule has 148 valence electrons. The minimum atomic E-state index is -0.199. The Balaban J connectivity index is 1.29. The largest absolute Gasteiger partial charge is 0.371 e. The lowest BCUT2D eigenvalue weighted by Gasteiger charge is -2.18. The van der Waals surface area contributed by atoms with Crippen molar-refractivity contribution < 1.29 is 9.59 Å². The van der Waals surface area contributed by atoms with Crippen molar-refractivity contribution in [3.8, 4) is 0 Å². The molecule has 3 rings (SSSR count). The van der Waals surface area contributed by atoms with Crippen LogP contribution in [0.15, 0.2) is 59.1 Å².